The minimum Gasteiger partial charge on any atom is -0.497 e. The van der Waals surface area contributed by atoms with Crippen LogP contribution in [-0.2, 0) is 0 Å². The normalized spacial score (nSPS) is 10.9. The van der Waals surface area contributed by atoms with Gasteiger partial charge in [-0.1, -0.05) is 11.6 Å². The molecule has 0 bridgehead atoms. The summed E-state index contributed by atoms with van der Waals surface area (Å²) in [4.78, 5) is 4.58. The van der Waals surface area contributed by atoms with Gasteiger partial charge < -0.3 is 4.74 Å². The summed E-state index contributed by atoms with van der Waals surface area (Å²) in [7, 11) is 1.66. The van der Waals surface area contributed by atoms with Gasteiger partial charge in [0.2, 0.25) is 0 Å². The minimum atomic E-state index is 0.724. The lowest BCUT2D eigenvalue weighted by molar-refractivity contribution is 0.415. The third-order valence-electron chi connectivity index (χ3n) is 2.78. The first kappa shape index (κ1) is 10.4. The molecular weight excluding hydrogens is 234 g/mol. The Bertz CT molecular complexity index is 709. The van der Waals surface area contributed by atoms with Crippen molar-refractivity contribution in [3.05, 3.63) is 47.5 Å². The summed E-state index contributed by atoms with van der Waals surface area (Å²) in [6, 6.07) is 13.6. The van der Waals surface area contributed by atoms with Gasteiger partial charge in [-0.3, -0.25) is 0 Å². The molecule has 0 radical (unpaired) electrons. The van der Waals surface area contributed by atoms with Gasteiger partial charge in [-0.15, -0.1) is 0 Å². The summed E-state index contributed by atoms with van der Waals surface area (Å²) in [6.45, 7) is 0. The van der Waals surface area contributed by atoms with Crippen LogP contribution in [0.2, 0.25) is 5.02 Å². The van der Waals surface area contributed by atoms with Crippen molar-refractivity contribution in [3.63, 3.8) is 0 Å². The van der Waals surface area contributed by atoms with Crippen LogP contribution >= 0.6 is 11.6 Å². The molecule has 3 heteroatoms. The Hall–Kier alpha value is -1.80. The molecule has 0 aliphatic rings. The van der Waals surface area contributed by atoms with E-state index in [1.54, 1.807) is 7.11 Å². The fourth-order valence-corrected chi connectivity index (χ4v) is 2.10. The number of methoxy groups -OCH3 is 1. The van der Waals surface area contributed by atoms with Gasteiger partial charge in [-0.2, -0.15) is 0 Å². The molecule has 0 aliphatic carbocycles. The Morgan fingerprint density at radius 3 is 2.41 bits per heavy atom. The molecule has 0 amide bonds. The van der Waals surface area contributed by atoms with Crippen LogP contribution in [0.3, 0.4) is 0 Å². The molecule has 0 aliphatic heterocycles. The summed E-state index contributed by atoms with van der Waals surface area (Å²) in [5.41, 5.74) is 1.91. The van der Waals surface area contributed by atoms with Crippen molar-refractivity contribution < 1.29 is 4.74 Å². The van der Waals surface area contributed by atoms with Crippen molar-refractivity contribution >= 4 is 33.4 Å². The number of halogens is 1. The molecule has 17 heavy (non-hydrogen) atoms. The van der Waals surface area contributed by atoms with Gasteiger partial charge in [0.15, 0.2) is 0 Å². The van der Waals surface area contributed by atoms with Gasteiger partial charge in [0, 0.05) is 15.8 Å². The third-order valence-corrected chi connectivity index (χ3v) is 3.01. The number of hydrogen-bond donors (Lipinski definition) is 0. The molecule has 1 aromatic heterocycles. The van der Waals surface area contributed by atoms with E-state index in [9.17, 15) is 0 Å². The van der Waals surface area contributed by atoms with Crippen LogP contribution in [0.5, 0.6) is 5.75 Å². The quantitative estimate of drug-likeness (QED) is 0.602. The Morgan fingerprint density at radius 1 is 0.941 bits per heavy atom. The Morgan fingerprint density at radius 2 is 1.65 bits per heavy atom. The average molecular weight is 244 g/mol. The van der Waals surface area contributed by atoms with E-state index in [0.717, 1.165) is 32.6 Å². The predicted octanol–water partition coefficient (Wildman–Crippen LogP) is 4.05. The number of fused-ring (bicyclic) bond motifs is 2. The van der Waals surface area contributed by atoms with Crippen molar-refractivity contribution in [1.29, 1.82) is 0 Å². The largest absolute Gasteiger partial charge is 0.497 e. The summed E-state index contributed by atoms with van der Waals surface area (Å²) in [6.07, 6.45) is 0. The van der Waals surface area contributed by atoms with Crippen LogP contribution < -0.4 is 4.74 Å². The summed E-state index contributed by atoms with van der Waals surface area (Å²) >= 11 is 5.98. The maximum atomic E-state index is 5.98. The van der Waals surface area contributed by atoms with E-state index in [-0.39, 0.29) is 0 Å². The van der Waals surface area contributed by atoms with E-state index in [0.29, 0.717) is 0 Å². The van der Waals surface area contributed by atoms with E-state index >= 15 is 0 Å². The second-order valence-corrected chi connectivity index (χ2v) is 4.32. The van der Waals surface area contributed by atoms with Gasteiger partial charge >= 0.3 is 0 Å². The number of pyridine rings is 1. The molecule has 84 valence electrons. The molecule has 3 aromatic rings. The second kappa shape index (κ2) is 3.90. The highest BCUT2D eigenvalue weighted by Crippen LogP contribution is 2.25. The SMILES string of the molecule is COc1ccc2nc3ccc(Cl)cc3cc2c1. The standard InChI is InChI=1S/C14H10ClNO/c1-17-12-3-5-14-10(8-12)6-9-7-11(15)2-4-13(9)16-14/h2-8H,1H3. The molecule has 0 saturated heterocycles. The van der Waals surface area contributed by atoms with E-state index in [4.69, 9.17) is 16.3 Å². The number of rotatable bonds is 1. The number of hydrogen-bond acceptors (Lipinski definition) is 2. The highest BCUT2D eigenvalue weighted by Gasteiger charge is 2.02. The molecular formula is C14H10ClNO. The first-order chi connectivity index (χ1) is 8.26. The summed E-state index contributed by atoms with van der Waals surface area (Å²) < 4.78 is 5.20. The Balaban J connectivity index is 2.36. The van der Waals surface area contributed by atoms with Crippen molar-refractivity contribution in [2.45, 2.75) is 0 Å². The molecule has 2 nitrogen and oxygen atoms in total. The first-order valence-electron chi connectivity index (χ1n) is 5.30. The molecule has 1 heterocycles. The molecule has 0 unspecified atom stereocenters. The molecule has 0 fully saturated rings. The van der Waals surface area contributed by atoms with Crippen molar-refractivity contribution in [2.75, 3.05) is 7.11 Å². The van der Waals surface area contributed by atoms with Gasteiger partial charge in [0.25, 0.3) is 0 Å². The maximum absolute atomic E-state index is 5.98. The number of nitrogens with zero attached hydrogens (tertiary/aromatic N) is 1. The average Bonchev–Trinajstić information content (AvgIpc) is 2.35. The van der Waals surface area contributed by atoms with Gasteiger partial charge in [0.05, 0.1) is 18.1 Å². The minimum absolute atomic E-state index is 0.724. The number of ether oxygens (including phenoxy) is 1. The molecule has 0 atom stereocenters. The van der Waals surface area contributed by atoms with Crippen molar-refractivity contribution in [2.24, 2.45) is 0 Å². The Kier molecular flexibility index (Phi) is 2.37. The zero-order chi connectivity index (χ0) is 11.8. The lowest BCUT2D eigenvalue weighted by atomic mass is 10.1. The van der Waals surface area contributed by atoms with Gasteiger partial charge in [-0.25, -0.2) is 4.98 Å². The van der Waals surface area contributed by atoms with Crippen LogP contribution in [0.1, 0.15) is 0 Å². The van der Waals surface area contributed by atoms with Crippen LogP contribution in [0.25, 0.3) is 21.8 Å². The topological polar surface area (TPSA) is 22.1 Å². The van der Waals surface area contributed by atoms with E-state index in [1.165, 1.54) is 0 Å². The zero-order valence-electron chi connectivity index (χ0n) is 9.27. The van der Waals surface area contributed by atoms with Crippen LogP contribution in [-0.4, -0.2) is 12.1 Å². The highest BCUT2D eigenvalue weighted by atomic mass is 35.5. The Labute approximate surface area is 104 Å². The second-order valence-electron chi connectivity index (χ2n) is 3.88. The lowest BCUT2D eigenvalue weighted by Crippen LogP contribution is -1.85. The zero-order valence-corrected chi connectivity index (χ0v) is 10.0. The first-order valence-corrected chi connectivity index (χ1v) is 5.68. The monoisotopic (exact) mass is 243 g/mol. The van der Waals surface area contributed by atoms with Crippen LogP contribution in [0, 0.1) is 0 Å². The van der Waals surface area contributed by atoms with Crippen molar-refractivity contribution in [3.8, 4) is 5.75 Å². The molecule has 0 N–H and O–H groups in total. The molecule has 2 aromatic carbocycles. The number of aromatic nitrogens is 1. The third kappa shape index (κ3) is 1.81. The van der Waals surface area contributed by atoms with Gasteiger partial charge in [-0.05, 0) is 42.5 Å². The van der Waals surface area contributed by atoms with E-state index in [1.807, 2.05) is 36.4 Å². The van der Waals surface area contributed by atoms with Gasteiger partial charge in [0.1, 0.15) is 5.75 Å². The van der Waals surface area contributed by atoms with Crippen LogP contribution in [0.4, 0.5) is 0 Å². The highest BCUT2D eigenvalue weighted by molar-refractivity contribution is 6.31. The predicted molar refractivity (Wildman–Crippen MR) is 70.8 cm³/mol. The summed E-state index contributed by atoms with van der Waals surface area (Å²) in [5, 5.41) is 2.82. The number of benzene rings is 2. The molecule has 3 rings (SSSR count). The maximum Gasteiger partial charge on any atom is 0.119 e. The lowest BCUT2D eigenvalue weighted by Gasteiger charge is -2.04. The smallest absolute Gasteiger partial charge is 0.119 e. The summed E-state index contributed by atoms with van der Waals surface area (Å²) in [5.74, 6) is 0.834. The van der Waals surface area contributed by atoms with E-state index < -0.39 is 0 Å². The fourth-order valence-electron chi connectivity index (χ4n) is 1.92. The van der Waals surface area contributed by atoms with Crippen LogP contribution in [0.15, 0.2) is 42.5 Å². The van der Waals surface area contributed by atoms with E-state index in [2.05, 4.69) is 11.1 Å². The molecule has 0 spiro atoms. The molecule has 0 saturated carbocycles. The van der Waals surface area contributed by atoms with Crippen molar-refractivity contribution in [1.82, 2.24) is 4.98 Å². The fraction of sp³-hybridized carbons (Fsp3) is 0.0714.